The third kappa shape index (κ3) is 6.43. The second kappa shape index (κ2) is 10.8. The fourth-order valence-electron chi connectivity index (χ4n) is 2.90. The van der Waals surface area contributed by atoms with Crippen LogP contribution in [-0.4, -0.2) is 34.3 Å². The summed E-state index contributed by atoms with van der Waals surface area (Å²) in [6, 6.07) is 13.4. The minimum absolute atomic E-state index is 0.0853. The van der Waals surface area contributed by atoms with Crippen LogP contribution in [0, 0.1) is 17.0 Å². The van der Waals surface area contributed by atoms with Crippen molar-refractivity contribution in [2.24, 2.45) is 0 Å². The van der Waals surface area contributed by atoms with Gasteiger partial charge in [-0.25, -0.2) is 0 Å². The highest BCUT2D eigenvalue weighted by molar-refractivity contribution is 5.91. The molecule has 1 aromatic heterocycles. The van der Waals surface area contributed by atoms with E-state index in [-0.39, 0.29) is 11.6 Å². The molecule has 0 bridgehead atoms. The summed E-state index contributed by atoms with van der Waals surface area (Å²) in [6.45, 7) is 2.97. The molecule has 0 unspecified atom stereocenters. The fraction of sp³-hybridized carbons (Fsp3) is 0.217. The largest absolute Gasteiger partial charge is 0.496 e. The Labute approximate surface area is 185 Å². The van der Waals surface area contributed by atoms with E-state index in [0.717, 1.165) is 22.4 Å². The van der Waals surface area contributed by atoms with Crippen LogP contribution in [0.2, 0.25) is 0 Å². The maximum Gasteiger partial charge on any atom is 0.306 e. The molecule has 0 saturated carbocycles. The van der Waals surface area contributed by atoms with Crippen LogP contribution in [-0.2, 0) is 17.9 Å². The average Bonchev–Trinajstić information content (AvgIpc) is 3.27. The first kappa shape index (κ1) is 22.5. The molecule has 9 heteroatoms. The third-order valence-corrected chi connectivity index (χ3v) is 4.62. The number of aromatic nitrogens is 2. The van der Waals surface area contributed by atoms with Crippen molar-refractivity contribution in [2.45, 2.75) is 20.1 Å². The number of nitrogens with zero attached hydrogens (tertiary/aromatic N) is 3. The molecule has 0 atom stereocenters. The Balaban J connectivity index is 1.54. The van der Waals surface area contributed by atoms with Gasteiger partial charge in [0.1, 0.15) is 30.5 Å². The molecule has 3 aromatic rings. The van der Waals surface area contributed by atoms with Crippen molar-refractivity contribution in [3.8, 4) is 11.5 Å². The summed E-state index contributed by atoms with van der Waals surface area (Å²) in [5, 5.41) is 17.3. The van der Waals surface area contributed by atoms with Crippen LogP contribution < -0.4 is 14.8 Å². The number of nitro groups is 1. The van der Waals surface area contributed by atoms with E-state index in [1.807, 2.05) is 49.4 Å². The van der Waals surface area contributed by atoms with E-state index in [0.29, 0.717) is 25.4 Å². The first-order chi connectivity index (χ1) is 15.4. The van der Waals surface area contributed by atoms with E-state index in [1.54, 1.807) is 13.2 Å². The lowest BCUT2D eigenvalue weighted by Crippen LogP contribution is -2.25. The van der Waals surface area contributed by atoms with Crippen molar-refractivity contribution in [2.75, 3.05) is 13.7 Å². The molecule has 0 aliphatic rings. The van der Waals surface area contributed by atoms with Crippen molar-refractivity contribution in [3.05, 3.63) is 87.7 Å². The monoisotopic (exact) mass is 436 g/mol. The first-order valence-corrected chi connectivity index (χ1v) is 9.94. The lowest BCUT2D eigenvalue weighted by atomic mass is 10.1. The Morgan fingerprint density at radius 1 is 1.25 bits per heavy atom. The lowest BCUT2D eigenvalue weighted by Gasteiger charge is -2.11. The van der Waals surface area contributed by atoms with Gasteiger partial charge in [-0.1, -0.05) is 23.8 Å². The SMILES string of the molecule is COc1ccc(/C=C/C(=O)NCCn2cc([N+](=O)[O-])cn2)cc1COc1ccc(C)cc1. The minimum Gasteiger partial charge on any atom is -0.496 e. The van der Waals surface area contributed by atoms with Crippen molar-refractivity contribution < 1.29 is 19.2 Å². The number of hydrogen-bond donors (Lipinski definition) is 1. The van der Waals surface area contributed by atoms with Crippen LogP contribution in [0.5, 0.6) is 11.5 Å². The van der Waals surface area contributed by atoms with E-state index in [9.17, 15) is 14.9 Å². The van der Waals surface area contributed by atoms with Crippen molar-refractivity contribution in [3.63, 3.8) is 0 Å². The zero-order valence-corrected chi connectivity index (χ0v) is 17.9. The number of rotatable bonds is 10. The number of methoxy groups -OCH3 is 1. The Kier molecular flexibility index (Phi) is 7.58. The number of carbonyl (C=O) groups excluding carboxylic acids is 1. The molecular formula is C23H24N4O5. The van der Waals surface area contributed by atoms with Crippen LogP contribution in [0.25, 0.3) is 6.08 Å². The van der Waals surface area contributed by atoms with E-state index in [2.05, 4.69) is 10.4 Å². The molecule has 0 spiro atoms. The zero-order chi connectivity index (χ0) is 22.9. The van der Waals surface area contributed by atoms with Gasteiger partial charge < -0.3 is 14.8 Å². The number of nitrogens with one attached hydrogen (secondary N) is 1. The standard InChI is InChI=1S/C23H24N4O5/c1-17-3-7-21(8-4-17)32-16-19-13-18(5-9-22(19)31-2)6-10-23(28)24-11-12-26-15-20(14-25-26)27(29)30/h3-10,13-15H,11-12,16H2,1-2H3,(H,24,28)/b10-6+. The maximum atomic E-state index is 12.1. The summed E-state index contributed by atoms with van der Waals surface area (Å²) >= 11 is 0. The van der Waals surface area contributed by atoms with Crippen LogP contribution in [0.4, 0.5) is 5.69 Å². The Morgan fingerprint density at radius 2 is 2.03 bits per heavy atom. The summed E-state index contributed by atoms with van der Waals surface area (Å²) in [6.07, 6.45) is 5.62. The van der Waals surface area contributed by atoms with Gasteiger partial charge >= 0.3 is 5.69 Å². The second-order valence-corrected chi connectivity index (χ2v) is 7.02. The summed E-state index contributed by atoms with van der Waals surface area (Å²) in [7, 11) is 1.60. The highest BCUT2D eigenvalue weighted by Crippen LogP contribution is 2.23. The molecule has 0 fully saturated rings. The summed E-state index contributed by atoms with van der Waals surface area (Å²) in [4.78, 5) is 22.2. The van der Waals surface area contributed by atoms with E-state index < -0.39 is 4.92 Å². The highest BCUT2D eigenvalue weighted by Gasteiger charge is 2.08. The van der Waals surface area contributed by atoms with Gasteiger partial charge in [0.05, 0.1) is 18.6 Å². The number of carbonyl (C=O) groups is 1. The van der Waals surface area contributed by atoms with Gasteiger partial charge in [-0.05, 0) is 42.8 Å². The van der Waals surface area contributed by atoms with Gasteiger partial charge in [-0.2, -0.15) is 5.10 Å². The van der Waals surface area contributed by atoms with Crippen LogP contribution in [0.1, 0.15) is 16.7 Å². The fourth-order valence-corrected chi connectivity index (χ4v) is 2.90. The molecule has 1 amide bonds. The van der Waals surface area contributed by atoms with Crippen LogP contribution >= 0.6 is 0 Å². The summed E-state index contributed by atoms with van der Waals surface area (Å²) < 4.78 is 12.7. The maximum absolute atomic E-state index is 12.1. The molecule has 0 radical (unpaired) electrons. The summed E-state index contributed by atoms with van der Waals surface area (Å²) in [5.41, 5.74) is 2.76. The van der Waals surface area contributed by atoms with Gasteiger partial charge in [0.2, 0.25) is 5.91 Å². The molecule has 3 rings (SSSR count). The third-order valence-electron chi connectivity index (χ3n) is 4.62. The van der Waals surface area contributed by atoms with E-state index >= 15 is 0 Å². The molecule has 0 aliphatic carbocycles. The second-order valence-electron chi connectivity index (χ2n) is 7.02. The smallest absolute Gasteiger partial charge is 0.306 e. The number of benzene rings is 2. The van der Waals surface area contributed by atoms with E-state index in [1.165, 1.54) is 23.2 Å². The molecule has 1 heterocycles. The van der Waals surface area contributed by atoms with E-state index in [4.69, 9.17) is 9.47 Å². The Hall–Kier alpha value is -4.14. The van der Waals surface area contributed by atoms with Crippen molar-refractivity contribution in [1.29, 1.82) is 0 Å². The number of hydrogen-bond acceptors (Lipinski definition) is 6. The predicted molar refractivity (Wildman–Crippen MR) is 119 cm³/mol. The minimum atomic E-state index is -0.514. The molecular weight excluding hydrogens is 412 g/mol. The van der Waals surface area contributed by atoms with Crippen molar-refractivity contribution in [1.82, 2.24) is 15.1 Å². The van der Waals surface area contributed by atoms with Gasteiger partial charge in [0.25, 0.3) is 0 Å². The predicted octanol–water partition coefficient (Wildman–Crippen LogP) is 3.52. The van der Waals surface area contributed by atoms with Gasteiger partial charge in [-0.15, -0.1) is 0 Å². The van der Waals surface area contributed by atoms with Crippen LogP contribution in [0.3, 0.4) is 0 Å². The highest BCUT2D eigenvalue weighted by atomic mass is 16.6. The topological polar surface area (TPSA) is 109 Å². The molecule has 166 valence electrons. The zero-order valence-electron chi connectivity index (χ0n) is 17.9. The molecule has 1 N–H and O–H groups in total. The average molecular weight is 436 g/mol. The van der Waals surface area contributed by atoms with Crippen LogP contribution in [0.15, 0.2) is 60.9 Å². The van der Waals surface area contributed by atoms with Crippen molar-refractivity contribution >= 4 is 17.7 Å². The van der Waals surface area contributed by atoms with Gasteiger partial charge in [-0.3, -0.25) is 19.6 Å². The lowest BCUT2D eigenvalue weighted by molar-refractivity contribution is -0.385. The number of ether oxygens (including phenoxy) is 2. The number of amides is 1. The molecule has 32 heavy (non-hydrogen) atoms. The molecule has 2 aromatic carbocycles. The number of aryl methyl sites for hydroxylation is 1. The quantitative estimate of drug-likeness (QED) is 0.296. The Morgan fingerprint density at radius 3 is 2.72 bits per heavy atom. The molecule has 0 aliphatic heterocycles. The van der Waals surface area contributed by atoms with Gasteiger partial charge in [0, 0.05) is 18.2 Å². The van der Waals surface area contributed by atoms with Gasteiger partial charge in [0.15, 0.2) is 0 Å². The molecule has 9 nitrogen and oxygen atoms in total. The first-order valence-electron chi connectivity index (χ1n) is 9.94. The normalized spacial score (nSPS) is 10.8. The Bertz CT molecular complexity index is 1110. The summed E-state index contributed by atoms with van der Waals surface area (Å²) in [5.74, 6) is 1.19. The molecule has 0 saturated heterocycles.